The van der Waals surface area contributed by atoms with E-state index in [1.165, 1.54) is 4.90 Å². The molecule has 3 rings (SSSR count). The third-order valence-corrected chi connectivity index (χ3v) is 7.07. The first kappa shape index (κ1) is 20.4. The summed E-state index contributed by atoms with van der Waals surface area (Å²) in [7, 11) is -1.61. The topological polar surface area (TPSA) is 87.2 Å². The van der Waals surface area contributed by atoms with Crippen molar-refractivity contribution in [1.29, 1.82) is 0 Å². The van der Waals surface area contributed by atoms with Gasteiger partial charge in [0.25, 0.3) is 0 Å². The summed E-state index contributed by atoms with van der Waals surface area (Å²) in [6, 6.07) is 6.22. The van der Waals surface area contributed by atoms with E-state index in [0.717, 1.165) is 0 Å². The van der Waals surface area contributed by atoms with E-state index >= 15 is 0 Å². The molecule has 2 saturated heterocycles. The van der Waals surface area contributed by atoms with Crippen LogP contribution in [-0.4, -0.2) is 81.0 Å². The van der Waals surface area contributed by atoms with E-state index in [1.54, 1.807) is 41.2 Å². The molecule has 0 saturated carbocycles. The van der Waals surface area contributed by atoms with E-state index in [4.69, 9.17) is 4.74 Å². The lowest BCUT2D eigenvalue weighted by Gasteiger charge is -2.33. The number of likely N-dealkylation sites (N-methyl/N-ethyl adjacent to an activating group) is 1. The number of anilines is 1. The zero-order valence-corrected chi connectivity index (χ0v) is 17.2. The van der Waals surface area contributed by atoms with Gasteiger partial charge < -0.3 is 14.5 Å². The number of carbonyl (C=O) groups is 2. The Hall–Kier alpha value is -2.29. The van der Waals surface area contributed by atoms with Crippen molar-refractivity contribution < 1.29 is 22.7 Å². The molecular weight excluding hydrogens is 382 g/mol. The molecule has 1 aromatic rings. The van der Waals surface area contributed by atoms with Gasteiger partial charge in [0.15, 0.2) is 9.84 Å². The summed E-state index contributed by atoms with van der Waals surface area (Å²) in [4.78, 5) is 30.6. The van der Waals surface area contributed by atoms with Crippen LogP contribution in [0.15, 0.2) is 24.3 Å². The number of methoxy groups -OCH3 is 1. The second kappa shape index (κ2) is 8.38. The van der Waals surface area contributed by atoms with E-state index < -0.39 is 15.9 Å². The molecule has 0 bridgehead atoms. The minimum Gasteiger partial charge on any atom is -0.497 e. The van der Waals surface area contributed by atoms with Crippen LogP contribution in [0.1, 0.15) is 19.8 Å². The van der Waals surface area contributed by atoms with Crippen LogP contribution >= 0.6 is 0 Å². The molecule has 0 aliphatic carbocycles. The number of hydrogen-bond acceptors (Lipinski definition) is 5. The molecule has 0 spiro atoms. The van der Waals surface area contributed by atoms with Gasteiger partial charge in [0.2, 0.25) is 5.91 Å². The third kappa shape index (κ3) is 4.40. The van der Waals surface area contributed by atoms with Crippen molar-refractivity contribution in [2.24, 2.45) is 0 Å². The van der Waals surface area contributed by atoms with Crippen LogP contribution in [0.3, 0.4) is 0 Å². The highest BCUT2D eigenvalue weighted by Gasteiger charge is 2.38. The SMILES string of the molecule is CCN1CCCN(C(=O)N(c2ccc(OC)cc2)[C@H]2CCS(=O)(=O)C2)CC1=O. The van der Waals surface area contributed by atoms with Gasteiger partial charge >= 0.3 is 6.03 Å². The predicted molar refractivity (Wildman–Crippen MR) is 106 cm³/mol. The monoisotopic (exact) mass is 409 g/mol. The molecule has 0 radical (unpaired) electrons. The molecule has 3 amide bonds. The molecule has 2 fully saturated rings. The van der Waals surface area contributed by atoms with Crippen LogP contribution in [-0.2, 0) is 14.6 Å². The van der Waals surface area contributed by atoms with Crippen molar-refractivity contribution in [2.45, 2.75) is 25.8 Å². The van der Waals surface area contributed by atoms with Gasteiger partial charge in [-0.3, -0.25) is 9.69 Å². The second-order valence-corrected chi connectivity index (χ2v) is 9.38. The molecule has 1 atom stereocenters. The zero-order chi connectivity index (χ0) is 20.3. The number of amides is 3. The van der Waals surface area contributed by atoms with Crippen molar-refractivity contribution in [3.8, 4) is 5.75 Å². The number of carbonyl (C=O) groups excluding carboxylic acids is 2. The van der Waals surface area contributed by atoms with E-state index in [1.807, 2.05) is 6.92 Å². The van der Waals surface area contributed by atoms with Crippen molar-refractivity contribution in [2.75, 3.05) is 49.7 Å². The first-order valence-electron chi connectivity index (χ1n) is 9.55. The maximum absolute atomic E-state index is 13.4. The standard InChI is InChI=1S/C19H27N3O5S/c1-3-20-10-4-11-21(13-18(20)23)19(24)22(16-9-12-28(25,26)14-16)15-5-7-17(27-2)8-6-15/h5-8,16H,3-4,9-14H2,1-2H3/t16-/m0/s1. The average Bonchev–Trinajstić information content (AvgIpc) is 2.92. The zero-order valence-electron chi connectivity index (χ0n) is 16.3. The highest BCUT2D eigenvalue weighted by Crippen LogP contribution is 2.28. The van der Waals surface area contributed by atoms with E-state index in [2.05, 4.69) is 0 Å². The molecule has 1 aromatic carbocycles. The minimum atomic E-state index is -3.17. The molecule has 0 N–H and O–H groups in total. The molecule has 2 aliphatic rings. The van der Waals surface area contributed by atoms with Crippen molar-refractivity contribution in [1.82, 2.24) is 9.80 Å². The molecule has 2 aliphatic heterocycles. The van der Waals surface area contributed by atoms with E-state index in [0.29, 0.717) is 43.9 Å². The van der Waals surface area contributed by atoms with Gasteiger partial charge in [-0.25, -0.2) is 13.2 Å². The number of ether oxygens (including phenoxy) is 1. The van der Waals surface area contributed by atoms with Crippen LogP contribution in [0, 0.1) is 0 Å². The lowest BCUT2D eigenvalue weighted by atomic mass is 10.2. The first-order chi connectivity index (χ1) is 13.3. The van der Waals surface area contributed by atoms with Gasteiger partial charge in [-0.05, 0) is 44.0 Å². The summed E-state index contributed by atoms with van der Waals surface area (Å²) >= 11 is 0. The van der Waals surface area contributed by atoms with Crippen LogP contribution < -0.4 is 9.64 Å². The summed E-state index contributed by atoms with van der Waals surface area (Å²) in [5.74, 6) is 0.578. The highest BCUT2D eigenvalue weighted by atomic mass is 32.2. The molecule has 0 unspecified atom stereocenters. The minimum absolute atomic E-state index is 0.0127. The second-order valence-electron chi connectivity index (χ2n) is 7.16. The lowest BCUT2D eigenvalue weighted by molar-refractivity contribution is -0.130. The highest BCUT2D eigenvalue weighted by molar-refractivity contribution is 7.91. The van der Waals surface area contributed by atoms with Gasteiger partial charge in [0.1, 0.15) is 12.3 Å². The molecule has 2 heterocycles. The predicted octanol–water partition coefficient (Wildman–Crippen LogP) is 1.36. The largest absolute Gasteiger partial charge is 0.497 e. The van der Waals surface area contributed by atoms with Crippen molar-refractivity contribution >= 4 is 27.5 Å². The fourth-order valence-electron chi connectivity index (χ4n) is 3.77. The van der Waals surface area contributed by atoms with Gasteiger partial charge in [-0.15, -0.1) is 0 Å². The number of urea groups is 1. The fraction of sp³-hybridized carbons (Fsp3) is 0.579. The molecule has 0 aromatic heterocycles. The summed E-state index contributed by atoms with van der Waals surface area (Å²) in [6.07, 6.45) is 1.09. The quantitative estimate of drug-likeness (QED) is 0.749. The Bertz CT molecular complexity index is 824. The fourth-order valence-corrected chi connectivity index (χ4v) is 5.47. The Kier molecular flexibility index (Phi) is 6.12. The first-order valence-corrected chi connectivity index (χ1v) is 11.4. The number of nitrogens with zero attached hydrogens (tertiary/aromatic N) is 3. The van der Waals surface area contributed by atoms with E-state index in [-0.39, 0.29) is 30.0 Å². The Morgan fingerprint density at radius 3 is 2.54 bits per heavy atom. The summed E-state index contributed by atoms with van der Waals surface area (Å²) in [5.41, 5.74) is 0.608. The molecule has 9 heteroatoms. The van der Waals surface area contributed by atoms with Crippen molar-refractivity contribution in [3.63, 3.8) is 0 Å². The molecule has 8 nitrogen and oxygen atoms in total. The molecule has 28 heavy (non-hydrogen) atoms. The van der Waals surface area contributed by atoms with Gasteiger partial charge in [0, 0.05) is 25.3 Å². The maximum atomic E-state index is 13.4. The summed E-state index contributed by atoms with van der Waals surface area (Å²) < 4.78 is 29.2. The van der Waals surface area contributed by atoms with Crippen LogP contribution in [0.2, 0.25) is 0 Å². The number of rotatable bonds is 4. The maximum Gasteiger partial charge on any atom is 0.325 e. The van der Waals surface area contributed by atoms with Crippen LogP contribution in [0.5, 0.6) is 5.75 Å². The number of hydrogen-bond donors (Lipinski definition) is 0. The van der Waals surface area contributed by atoms with Crippen LogP contribution in [0.4, 0.5) is 10.5 Å². The summed E-state index contributed by atoms with van der Waals surface area (Å²) in [5, 5.41) is 0. The summed E-state index contributed by atoms with van der Waals surface area (Å²) in [6.45, 7) is 3.64. The number of benzene rings is 1. The molecular formula is C19H27N3O5S. The lowest BCUT2D eigenvalue weighted by Crippen LogP contribution is -2.51. The smallest absolute Gasteiger partial charge is 0.325 e. The Labute approximate surface area is 166 Å². The molecule has 154 valence electrons. The normalized spacial score (nSPS) is 22.1. The Morgan fingerprint density at radius 2 is 1.96 bits per heavy atom. The van der Waals surface area contributed by atoms with Gasteiger partial charge in [-0.2, -0.15) is 0 Å². The van der Waals surface area contributed by atoms with Gasteiger partial charge in [-0.1, -0.05) is 0 Å². The van der Waals surface area contributed by atoms with E-state index in [9.17, 15) is 18.0 Å². The Morgan fingerprint density at radius 1 is 1.25 bits per heavy atom. The Balaban J connectivity index is 1.89. The van der Waals surface area contributed by atoms with Crippen molar-refractivity contribution in [3.05, 3.63) is 24.3 Å². The third-order valence-electron chi connectivity index (χ3n) is 5.32. The average molecular weight is 410 g/mol. The van der Waals surface area contributed by atoms with Crippen LogP contribution in [0.25, 0.3) is 0 Å². The number of sulfone groups is 1. The van der Waals surface area contributed by atoms with Gasteiger partial charge in [0.05, 0.1) is 24.7 Å².